The standard InChI is InChI=1S/C18H20N2O2S/c19-8-5-14-1-3-17(4-2-14)22-13-16(21)12-20-9-6-18-15(11-20)7-10-23-18/h1-4,7,10,16,21H,5-6,9,11-13H2/t16-/m1/s1. The molecule has 3 rings (SSSR count). The maximum atomic E-state index is 10.2. The lowest BCUT2D eigenvalue weighted by atomic mass is 10.1. The van der Waals surface area contributed by atoms with Crippen molar-refractivity contribution in [3.05, 3.63) is 51.7 Å². The number of nitriles is 1. The van der Waals surface area contributed by atoms with Crippen molar-refractivity contribution >= 4 is 11.3 Å². The second kappa shape index (κ2) is 7.60. The van der Waals surface area contributed by atoms with Gasteiger partial charge in [0.25, 0.3) is 0 Å². The van der Waals surface area contributed by atoms with Crippen LogP contribution in [0.15, 0.2) is 35.7 Å². The third-order valence-electron chi connectivity index (χ3n) is 4.00. The molecule has 0 unspecified atom stereocenters. The molecule has 4 nitrogen and oxygen atoms in total. The summed E-state index contributed by atoms with van der Waals surface area (Å²) >= 11 is 1.82. The molecule has 0 spiro atoms. The fourth-order valence-electron chi connectivity index (χ4n) is 2.80. The summed E-state index contributed by atoms with van der Waals surface area (Å²) in [4.78, 5) is 3.75. The van der Waals surface area contributed by atoms with Crippen molar-refractivity contribution in [3.8, 4) is 11.8 Å². The van der Waals surface area contributed by atoms with Gasteiger partial charge in [0.15, 0.2) is 0 Å². The fraction of sp³-hybridized carbons (Fsp3) is 0.389. The third kappa shape index (κ3) is 4.32. The zero-order chi connectivity index (χ0) is 16.1. The highest BCUT2D eigenvalue weighted by Crippen LogP contribution is 2.24. The molecular weight excluding hydrogens is 308 g/mol. The molecule has 120 valence electrons. The molecule has 23 heavy (non-hydrogen) atoms. The molecule has 0 amide bonds. The van der Waals surface area contributed by atoms with Crippen LogP contribution in [-0.4, -0.2) is 35.8 Å². The number of hydrogen-bond acceptors (Lipinski definition) is 5. The van der Waals surface area contributed by atoms with Crippen LogP contribution in [0.25, 0.3) is 0 Å². The highest BCUT2D eigenvalue weighted by atomic mass is 32.1. The molecule has 0 saturated carbocycles. The van der Waals surface area contributed by atoms with E-state index in [0.29, 0.717) is 13.0 Å². The maximum absolute atomic E-state index is 10.2. The Balaban J connectivity index is 1.45. The van der Waals surface area contributed by atoms with Crippen molar-refractivity contribution in [2.24, 2.45) is 0 Å². The van der Waals surface area contributed by atoms with Crippen LogP contribution in [0.1, 0.15) is 16.0 Å². The van der Waals surface area contributed by atoms with E-state index < -0.39 is 6.10 Å². The number of fused-ring (bicyclic) bond motifs is 1. The second-order valence-corrected chi connectivity index (χ2v) is 6.80. The molecule has 1 aromatic carbocycles. The van der Waals surface area contributed by atoms with Gasteiger partial charge < -0.3 is 9.84 Å². The van der Waals surface area contributed by atoms with Crippen LogP contribution in [-0.2, 0) is 19.4 Å². The summed E-state index contributed by atoms with van der Waals surface area (Å²) in [6.45, 7) is 2.82. The van der Waals surface area contributed by atoms with E-state index in [-0.39, 0.29) is 6.61 Å². The van der Waals surface area contributed by atoms with Gasteiger partial charge in [-0.05, 0) is 41.1 Å². The Hall–Kier alpha value is -1.87. The topological polar surface area (TPSA) is 56.5 Å². The van der Waals surface area contributed by atoms with Crippen LogP contribution in [0.2, 0.25) is 0 Å². The van der Waals surface area contributed by atoms with E-state index in [2.05, 4.69) is 22.4 Å². The molecule has 1 atom stereocenters. The molecule has 5 heteroatoms. The zero-order valence-electron chi connectivity index (χ0n) is 12.9. The van der Waals surface area contributed by atoms with Crippen molar-refractivity contribution in [2.45, 2.75) is 25.5 Å². The minimum Gasteiger partial charge on any atom is -0.491 e. The smallest absolute Gasteiger partial charge is 0.119 e. The van der Waals surface area contributed by atoms with Gasteiger partial charge in [-0.1, -0.05) is 12.1 Å². The SMILES string of the molecule is N#CCc1ccc(OC[C@H](O)CN2CCc3sccc3C2)cc1. The van der Waals surface area contributed by atoms with E-state index in [1.807, 2.05) is 35.6 Å². The summed E-state index contributed by atoms with van der Waals surface area (Å²) in [6.07, 6.45) is 0.970. The third-order valence-corrected chi connectivity index (χ3v) is 5.03. The van der Waals surface area contributed by atoms with Crippen LogP contribution in [0, 0.1) is 11.3 Å². The van der Waals surface area contributed by atoms with E-state index in [4.69, 9.17) is 10.00 Å². The van der Waals surface area contributed by atoms with Crippen LogP contribution >= 0.6 is 11.3 Å². The summed E-state index contributed by atoms with van der Waals surface area (Å²) in [5.41, 5.74) is 2.36. The van der Waals surface area contributed by atoms with Gasteiger partial charge in [0.2, 0.25) is 0 Å². The van der Waals surface area contributed by atoms with Crippen LogP contribution < -0.4 is 4.74 Å². The Morgan fingerprint density at radius 3 is 2.91 bits per heavy atom. The molecule has 0 saturated heterocycles. The van der Waals surface area contributed by atoms with Gasteiger partial charge in [-0.15, -0.1) is 11.3 Å². The number of aliphatic hydroxyl groups is 1. The molecule has 0 radical (unpaired) electrons. The lowest BCUT2D eigenvalue weighted by Gasteiger charge is -2.28. The van der Waals surface area contributed by atoms with Gasteiger partial charge in [-0.3, -0.25) is 4.90 Å². The average Bonchev–Trinajstić information content (AvgIpc) is 3.02. The summed E-state index contributed by atoms with van der Waals surface area (Å²) in [5.74, 6) is 0.726. The van der Waals surface area contributed by atoms with Crippen LogP contribution in [0.5, 0.6) is 5.75 Å². The van der Waals surface area contributed by atoms with Gasteiger partial charge in [0.1, 0.15) is 18.5 Å². The molecule has 1 aliphatic heterocycles. The number of β-amino-alcohol motifs (C(OH)–C–C–N with tert-alkyl or cyclic N) is 1. The molecule has 0 fully saturated rings. The Kier molecular flexibility index (Phi) is 5.29. The first-order chi connectivity index (χ1) is 11.2. The van der Waals surface area contributed by atoms with Crippen molar-refractivity contribution in [2.75, 3.05) is 19.7 Å². The number of hydrogen-bond donors (Lipinski definition) is 1. The number of rotatable bonds is 6. The first-order valence-electron chi connectivity index (χ1n) is 7.79. The lowest BCUT2D eigenvalue weighted by Crippen LogP contribution is -2.38. The largest absolute Gasteiger partial charge is 0.491 e. The number of nitrogens with zero attached hydrogens (tertiary/aromatic N) is 2. The Morgan fingerprint density at radius 1 is 1.30 bits per heavy atom. The van der Waals surface area contributed by atoms with Gasteiger partial charge in [-0.25, -0.2) is 0 Å². The fourth-order valence-corrected chi connectivity index (χ4v) is 3.69. The first kappa shape index (κ1) is 16.0. The second-order valence-electron chi connectivity index (χ2n) is 5.80. The quantitative estimate of drug-likeness (QED) is 0.885. The van der Waals surface area contributed by atoms with Crippen LogP contribution in [0.4, 0.5) is 0 Å². The minimum atomic E-state index is -0.506. The Labute approximate surface area is 140 Å². The number of thiophene rings is 1. The maximum Gasteiger partial charge on any atom is 0.119 e. The molecule has 0 bridgehead atoms. The Bertz CT molecular complexity index is 675. The van der Waals surface area contributed by atoms with Crippen LogP contribution in [0.3, 0.4) is 0 Å². The van der Waals surface area contributed by atoms with Gasteiger partial charge >= 0.3 is 0 Å². The molecule has 1 aromatic heterocycles. The van der Waals surface area contributed by atoms with Crippen molar-refractivity contribution in [1.29, 1.82) is 5.26 Å². The molecular formula is C18H20N2O2S. The van der Waals surface area contributed by atoms with Crippen molar-refractivity contribution < 1.29 is 9.84 Å². The van der Waals surface area contributed by atoms with E-state index in [0.717, 1.165) is 30.8 Å². The summed E-state index contributed by atoms with van der Waals surface area (Å²) in [5, 5.41) is 21.0. The minimum absolute atomic E-state index is 0.282. The molecule has 2 heterocycles. The molecule has 2 aromatic rings. The first-order valence-corrected chi connectivity index (χ1v) is 8.67. The predicted molar refractivity (Wildman–Crippen MR) is 90.6 cm³/mol. The van der Waals surface area contributed by atoms with Gasteiger partial charge in [0, 0.05) is 24.5 Å². The van der Waals surface area contributed by atoms with E-state index in [9.17, 15) is 5.11 Å². The van der Waals surface area contributed by atoms with Gasteiger partial charge in [-0.2, -0.15) is 5.26 Å². The number of ether oxygens (including phenoxy) is 1. The van der Waals surface area contributed by atoms with Crippen molar-refractivity contribution in [1.82, 2.24) is 4.90 Å². The monoisotopic (exact) mass is 328 g/mol. The zero-order valence-corrected chi connectivity index (χ0v) is 13.8. The summed E-state index contributed by atoms with van der Waals surface area (Å²) in [6, 6.07) is 11.8. The van der Waals surface area contributed by atoms with E-state index in [1.54, 1.807) is 0 Å². The number of benzene rings is 1. The van der Waals surface area contributed by atoms with Crippen molar-refractivity contribution in [3.63, 3.8) is 0 Å². The summed E-state index contributed by atoms with van der Waals surface area (Å²) < 4.78 is 5.64. The van der Waals surface area contributed by atoms with E-state index in [1.165, 1.54) is 10.4 Å². The number of aliphatic hydroxyl groups excluding tert-OH is 1. The molecule has 1 N–H and O–H groups in total. The summed E-state index contributed by atoms with van der Waals surface area (Å²) in [7, 11) is 0. The lowest BCUT2D eigenvalue weighted by molar-refractivity contribution is 0.0640. The normalized spacial score (nSPS) is 15.7. The van der Waals surface area contributed by atoms with E-state index >= 15 is 0 Å². The Morgan fingerprint density at radius 2 is 2.13 bits per heavy atom. The average molecular weight is 328 g/mol. The predicted octanol–water partition coefficient (Wildman–Crippen LogP) is 2.61. The molecule has 1 aliphatic rings. The highest BCUT2D eigenvalue weighted by molar-refractivity contribution is 7.10. The van der Waals surface area contributed by atoms with Gasteiger partial charge in [0.05, 0.1) is 12.5 Å². The highest BCUT2D eigenvalue weighted by Gasteiger charge is 2.19. The molecule has 0 aliphatic carbocycles.